The van der Waals surface area contributed by atoms with Crippen molar-refractivity contribution < 1.29 is 14.4 Å². The van der Waals surface area contributed by atoms with E-state index in [1.165, 1.54) is 0 Å². The Morgan fingerprint density at radius 2 is 2.04 bits per heavy atom. The number of carbonyl (C=O) groups excluding carboxylic acids is 3. The van der Waals surface area contributed by atoms with Gasteiger partial charge in [-0.2, -0.15) is 0 Å². The maximum absolute atomic E-state index is 12.5. The van der Waals surface area contributed by atoms with Crippen LogP contribution in [0.15, 0.2) is 24.3 Å². The monoisotopic (exact) mass is 357 g/mol. The molecule has 1 aromatic carbocycles. The molecule has 0 bridgehead atoms. The van der Waals surface area contributed by atoms with Crippen LogP contribution in [0.25, 0.3) is 0 Å². The number of benzene rings is 1. The third kappa shape index (κ3) is 4.62. The fourth-order valence-corrected chi connectivity index (χ4v) is 3.90. The zero-order chi connectivity index (χ0) is 18.5. The van der Waals surface area contributed by atoms with Crippen molar-refractivity contribution in [3.05, 3.63) is 35.4 Å². The second-order valence-electron chi connectivity index (χ2n) is 7.35. The summed E-state index contributed by atoms with van der Waals surface area (Å²) in [6, 6.07) is 7.41. The topological polar surface area (TPSA) is 83.7 Å². The second kappa shape index (κ2) is 8.34. The molecule has 2 fully saturated rings. The van der Waals surface area contributed by atoms with Crippen LogP contribution in [0.5, 0.6) is 0 Å². The van der Waals surface area contributed by atoms with E-state index in [-0.39, 0.29) is 11.8 Å². The van der Waals surface area contributed by atoms with E-state index in [1.54, 1.807) is 6.07 Å². The van der Waals surface area contributed by atoms with Gasteiger partial charge < -0.3 is 15.5 Å². The van der Waals surface area contributed by atoms with Crippen LogP contribution in [0.2, 0.25) is 0 Å². The Labute approximate surface area is 154 Å². The van der Waals surface area contributed by atoms with Crippen LogP contribution in [0.1, 0.15) is 48.0 Å². The molecular weight excluding hydrogens is 330 g/mol. The Balaban J connectivity index is 1.47. The minimum atomic E-state index is -0.415. The van der Waals surface area contributed by atoms with E-state index in [0.717, 1.165) is 50.9 Å². The summed E-state index contributed by atoms with van der Waals surface area (Å²) >= 11 is 0. The van der Waals surface area contributed by atoms with E-state index in [1.807, 2.05) is 28.0 Å². The molecule has 3 rings (SSSR count). The lowest BCUT2D eigenvalue weighted by molar-refractivity contribution is -0.135. The Morgan fingerprint density at radius 1 is 1.19 bits per heavy atom. The van der Waals surface area contributed by atoms with Crippen molar-refractivity contribution in [2.24, 2.45) is 11.7 Å². The molecule has 3 amide bonds. The highest BCUT2D eigenvalue weighted by atomic mass is 16.2. The number of amides is 3. The molecule has 6 heteroatoms. The standard InChI is InChI=1S/C20H27N3O3/c21-20(26)17-5-3-4-15(13-17)12-16-7-10-23(14-16)19(25)8-11-22-9-2-1-6-18(22)24/h3-5,13,16H,1-2,6-12,14H2,(H2,21,26). The van der Waals surface area contributed by atoms with Crippen molar-refractivity contribution in [3.8, 4) is 0 Å². The highest BCUT2D eigenvalue weighted by molar-refractivity contribution is 5.92. The van der Waals surface area contributed by atoms with E-state index in [9.17, 15) is 14.4 Å². The molecule has 140 valence electrons. The first kappa shape index (κ1) is 18.4. The second-order valence-corrected chi connectivity index (χ2v) is 7.35. The summed E-state index contributed by atoms with van der Waals surface area (Å²) in [7, 11) is 0. The molecule has 2 heterocycles. The first-order valence-electron chi connectivity index (χ1n) is 9.47. The van der Waals surface area contributed by atoms with Crippen molar-refractivity contribution in [2.45, 2.75) is 38.5 Å². The first-order chi connectivity index (χ1) is 12.5. The SMILES string of the molecule is NC(=O)c1cccc(CC2CCN(C(=O)CCN3CCCCC3=O)C2)c1. The average molecular weight is 357 g/mol. The first-order valence-corrected chi connectivity index (χ1v) is 9.47. The van der Waals surface area contributed by atoms with Crippen LogP contribution >= 0.6 is 0 Å². The normalized spacial score (nSPS) is 20.5. The molecule has 1 unspecified atom stereocenters. The minimum absolute atomic E-state index is 0.136. The van der Waals surface area contributed by atoms with Gasteiger partial charge in [0.15, 0.2) is 0 Å². The Kier molecular flexibility index (Phi) is 5.91. The van der Waals surface area contributed by atoms with Crippen molar-refractivity contribution >= 4 is 17.7 Å². The number of primary amides is 1. The highest BCUT2D eigenvalue weighted by Gasteiger charge is 2.27. The van der Waals surface area contributed by atoms with Crippen LogP contribution in [0, 0.1) is 5.92 Å². The average Bonchev–Trinajstić information content (AvgIpc) is 3.09. The molecular formula is C20H27N3O3. The van der Waals surface area contributed by atoms with Gasteiger partial charge in [-0.3, -0.25) is 14.4 Å². The molecule has 2 aliphatic rings. The fraction of sp³-hybridized carbons (Fsp3) is 0.550. The molecule has 0 aromatic heterocycles. The van der Waals surface area contributed by atoms with Gasteiger partial charge in [-0.05, 0) is 49.3 Å². The predicted octanol–water partition coefficient (Wildman–Crippen LogP) is 1.58. The summed E-state index contributed by atoms with van der Waals surface area (Å²) in [5, 5.41) is 0. The summed E-state index contributed by atoms with van der Waals surface area (Å²) in [5.41, 5.74) is 6.95. The maximum atomic E-state index is 12.5. The quantitative estimate of drug-likeness (QED) is 0.839. The van der Waals surface area contributed by atoms with Crippen LogP contribution in [-0.4, -0.2) is 53.7 Å². The predicted molar refractivity (Wildman–Crippen MR) is 98.4 cm³/mol. The van der Waals surface area contributed by atoms with Crippen LogP contribution in [0.4, 0.5) is 0 Å². The summed E-state index contributed by atoms with van der Waals surface area (Å²) in [4.78, 5) is 39.3. The van der Waals surface area contributed by atoms with Crippen molar-refractivity contribution in [1.82, 2.24) is 9.80 Å². The number of piperidine rings is 1. The molecule has 26 heavy (non-hydrogen) atoms. The van der Waals surface area contributed by atoms with Gasteiger partial charge in [-0.1, -0.05) is 12.1 Å². The number of likely N-dealkylation sites (tertiary alicyclic amines) is 2. The van der Waals surface area contributed by atoms with Gasteiger partial charge in [0.25, 0.3) is 0 Å². The van der Waals surface area contributed by atoms with Gasteiger partial charge >= 0.3 is 0 Å². The van der Waals surface area contributed by atoms with Gasteiger partial charge in [-0.15, -0.1) is 0 Å². The zero-order valence-corrected chi connectivity index (χ0v) is 15.2. The Morgan fingerprint density at radius 3 is 2.81 bits per heavy atom. The largest absolute Gasteiger partial charge is 0.366 e. The molecule has 0 saturated carbocycles. The zero-order valence-electron chi connectivity index (χ0n) is 15.2. The maximum Gasteiger partial charge on any atom is 0.248 e. The highest BCUT2D eigenvalue weighted by Crippen LogP contribution is 2.22. The number of nitrogens with two attached hydrogens (primary N) is 1. The minimum Gasteiger partial charge on any atom is -0.366 e. The van der Waals surface area contributed by atoms with Crippen LogP contribution in [-0.2, 0) is 16.0 Å². The fourth-order valence-electron chi connectivity index (χ4n) is 3.90. The summed E-state index contributed by atoms with van der Waals surface area (Å²) < 4.78 is 0. The molecule has 2 saturated heterocycles. The summed E-state index contributed by atoms with van der Waals surface area (Å²) in [6.45, 7) is 2.84. The number of carbonyl (C=O) groups is 3. The number of hydrogen-bond acceptors (Lipinski definition) is 3. The molecule has 2 N–H and O–H groups in total. The summed E-state index contributed by atoms with van der Waals surface area (Å²) in [6.07, 6.45) is 4.84. The van der Waals surface area contributed by atoms with E-state index < -0.39 is 5.91 Å². The molecule has 1 aromatic rings. The van der Waals surface area contributed by atoms with E-state index >= 15 is 0 Å². The van der Waals surface area contributed by atoms with E-state index in [0.29, 0.717) is 30.9 Å². The molecule has 0 radical (unpaired) electrons. The number of hydrogen-bond donors (Lipinski definition) is 1. The van der Waals surface area contributed by atoms with Crippen molar-refractivity contribution in [2.75, 3.05) is 26.2 Å². The third-order valence-electron chi connectivity index (χ3n) is 5.39. The number of rotatable bonds is 6. The van der Waals surface area contributed by atoms with Crippen molar-refractivity contribution in [1.29, 1.82) is 0 Å². The van der Waals surface area contributed by atoms with Gasteiger partial charge in [-0.25, -0.2) is 0 Å². The lowest BCUT2D eigenvalue weighted by Gasteiger charge is -2.27. The molecule has 1 atom stereocenters. The van der Waals surface area contributed by atoms with E-state index in [4.69, 9.17) is 5.73 Å². The molecule has 2 aliphatic heterocycles. The van der Waals surface area contributed by atoms with Crippen molar-refractivity contribution in [3.63, 3.8) is 0 Å². The molecule has 0 spiro atoms. The number of nitrogens with zero attached hydrogens (tertiary/aromatic N) is 2. The lowest BCUT2D eigenvalue weighted by Crippen LogP contribution is -2.39. The smallest absolute Gasteiger partial charge is 0.248 e. The van der Waals surface area contributed by atoms with Gasteiger partial charge in [0.1, 0.15) is 0 Å². The summed E-state index contributed by atoms with van der Waals surface area (Å²) in [5.74, 6) is 0.301. The van der Waals surface area contributed by atoms with Gasteiger partial charge in [0.2, 0.25) is 17.7 Å². The molecule has 6 nitrogen and oxygen atoms in total. The third-order valence-corrected chi connectivity index (χ3v) is 5.39. The van der Waals surface area contributed by atoms with Gasteiger partial charge in [0.05, 0.1) is 0 Å². The Bertz CT molecular complexity index is 689. The van der Waals surface area contributed by atoms with Crippen LogP contribution < -0.4 is 5.73 Å². The molecule has 0 aliphatic carbocycles. The van der Waals surface area contributed by atoms with E-state index in [2.05, 4.69) is 0 Å². The van der Waals surface area contributed by atoms with Gasteiger partial charge in [0, 0.05) is 44.6 Å². The Hall–Kier alpha value is -2.37. The lowest BCUT2D eigenvalue weighted by atomic mass is 9.97. The van der Waals surface area contributed by atoms with Crippen LogP contribution in [0.3, 0.4) is 0 Å².